The zero-order chi connectivity index (χ0) is 23.2. The number of alkyl halides is 1. The van der Waals surface area contributed by atoms with Crippen LogP contribution in [0.3, 0.4) is 0 Å². The van der Waals surface area contributed by atoms with E-state index in [1.54, 1.807) is 17.1 Å². The summed E-state index contributed by atoms with van der Waals surface area (Å²) < 4.78 is 14.6. The molecular formula is C24H24FN9. The van der Waals surface area contributed by atoms with Gasteiger partial charge in [0, 0.05) is 49.3 Å². The first-order chi connectivity index (χ1) is 16.6. The Morgan fingerprint density at radius 1 is 1.00 bits per heavy atom. The van der Waals surface area contributed by atoms with E-state index in [2.05, 4.69) is 35.3 Å². The highest BCUT2D eigenvalue weighted by Crippen LogP contribution is 2.52. The summed E-state index contributed by atoms with van der Waals surface area (Å²) in [6.45, 7) is 1.59. The van der Waals surface area contributed by atoms with Crippen molar-refractivity contribution < 1.29 is 4.39 Å². The molecule has 3 N–H and O–H groups in total. The molecule has 10 heteroatoms. The van der Waals surface area contributed by atoms with Crippen molar-refractivity contribution in [1.29, 1.82) is 0 Å². The second kappa shape index (κ2) is 8.05. The minimum atomic E-state index is -0.196. The fourth-order valence-electron chi connectivity index (χ4n) is 4.77. The number of nitrogen functional groups attached to an aromatic ring is 1. The molecular weight excluding hydrogens is 433 g/mol. The lowest BCUT2D eigenvalue weighted by atomic mass is 10.1. The molecule has 4 aromatic rings. The van der Waals surface area contributed by atoms with Crippen LogP contribution in [0.4, 0.5) is 27.8 Å². The highest BCUT2D eigenvalue weighted by molar-refractivity contribution is 5.66. The van der Waals surface area contributed by atoms with Crippen molar-refractivity contribution in [2.75, 3.05) is 35.7 Å². The third-order valence-electron chi connectivity index (χ3n) is 6.75. The summed E-state index contributed by atoms with van der Waals surface area (Å²) in [6, 6.07) is 13.6. The van der Waals surface area contributed by atoms with Crippen LogP contribution in [-0.2, 0) is 7.05 Å². The van der Waals surface area contributed by atoms with Crippen molar-refractivity contribution in [3.8, 4) is 22.6 Å². The highest BCUT2D eigenvalue weighted by Gasteiger charge is 2.55. The van der Waals surface area contributed by atoms with Gasteiger partial charge in [0.2, 0.25) is 11.9 Å². The van der Waals surface area contributed by atoms with Gasteiger partial charge in [-0.15, -0.1) is 5.10 Å². The van der Waals surface area contributed by atoms with Gasteiger partial charge in [-0.25, -0.2) is 19.6 Å². The number of aromatic nitrogens is 6. The summed E-state index contributed by atoms with van der Waals surface area (Å²) in [5.41, 5.74) is 9.11. The van der Waals surface area contributed by atoms with Crippen LogP contribution in [0.25, 0.3) is 22.6 Å². The fraction of sp³-hybridized carbons (Fsp3) is 0.292. The van der Waals surface area contributed by atoms with Crippen molar-refractivity contribution in [1.82, 2.24) is 29.7 Å². The molecule has 1 saturated carbocycles. The molecule has 0 bridgehead atoms. The maximum Gasteiger partial charge on any atom is 0.225 e. The molecule has 0 radical (unpaired) electrons. The van der Waals surface area contributed by atoms with Gasteiger partial charge in [-0.1, -0.05) is 12.1 Å². The zero-order valence-electron chi connectivity index (χ0n) is 18.6. The predicted octanol–water partition coefficient (Wildman–Crippen LogP) is 3.31. The summed E-state index contributed by atoms with van der Waals surface area (Å²) in [4.78, 5) is 19.7. The Labute approximate surface area is 195 Å². The quantitative estimate of drug-likeness (QED) is 0.454. The lowest BCUT2D eigenvalue weighted by molar-refractivity contribution is 0.420. The number of hydrogen-bond acceptors (Lipinski definition) is 8. The molecule has 1 saturated heterocycles. The van der Waals surface area contributed by atoms with Gasteiger partial charge in [0.05, 0.1) is 12.4 Å². The smallest absolute Gasteiger partial charge is 0.225 e. The molecule has 2 aliphatic rings. The van der Waals surface area contributed by atoms with Crippen LogP contribution in [0.2, 0.25) is 0 Å². The second-order valence-corrected chi connectivity index (χ2v) is 8.84. The Kier molecular flexibility index (Phi) is 4.86. The molecule has 1 aliphatic heterocycles. The molecule has 0 amide bonds. The van der Waals surface area contributed by atoms with Crippen molar-refractivity contribution in [3.05, 3.63) is 54.9 Å². The first-order valence-corrected chi connectivity index (χ1v) is 11.2. The van der Waals surface area contributed by atoms with Gasteiger partial charge in [0.15, 0.2) is 5.82 Å². The third-order valence-corrected chi connectivity index (χ3v) is 6.75. The molecule has 9 nitrogen and oxygen atoms in total. The van der Waals surface area contributed by atoms with E-state index in [1.165, 1.54) is 0 Å². The SMILES string of the molecule is Cn1nc(-c2ccc(N3C[C@@H]4C(CF)[C@@H]4C3)nc2)nc1Nc1ccc(-c2ccnc(N)n2)cc1. The molecule has 3 atom stereocenters. The molecule has 1 aliphatic carbocycles. The number of halogens is 1. The van der Waals surface area contributed by atoms with E-state index in [0.717, 1.165) is 41.4 Å². The lowest BCUT2D eigenvalue weighted by Gasteiger charge is -2.20. The summed E-state index contributed by atoms with van der Waals surface area (Å²) in [5, 5.41) is 7.84. The molecule has 34 heavy (non-hydrogen) atoms. The Hall–Kier alpha value is -4.08. The maximum absolute atomic E-state index is 12.9. The average Bonchev–Trinajstić information content (AvgIpc) is 3.14. The van der Waals surface area contributed by atoms with E-state index < -0.39 is 0 Å². The molecule has 3 aromatic heterocycles. The Morgan fingerprint density at radius 2 is 1.76 bits per heavy atom. The monoisotopic (exact) mass is 457 g/mol. The van der Waals surface area contributed by atoms with Gasteiger partial charge >= 0.3 is 0 Å². The van der Waals surface area contributed by atoms with E-state index >= 15 is 0 Å². The maximum atomic E-state index is 12.9. The Balaban J connectivity index is 1.14. The van der Waals surface area contributed by atoms with E-state index in [0.29, 0.717) is 23.6 Å². The normalized spacial score (nSPS) is 20.9. The molecule has 2 fully saturated rings. The first-order valence-electron chi connectivity index (χ1n) is 11.2. The minimum Gasteiger partial charge on any atom is -0.368 e. The Morgan fingerprint density at radius 3 is 2.44 bits per heavy atom. The second-order valence-electron chi connectivity index (χ2n) is 8.84. The van der Waals surface area contributed by atoms with Crippen LogP contribution in [0.1, 0.15) is 0 Å². The van der Waals surface area contributed by atoms with Gasteiger partial charge < -0.3 is 16.0 Å². The van der Waals surface area contributed by atoms with Crippen molar-refractivity contribution >= 4 is 23.4 Å². The number of anilines is 4. The van der Waals surface area contributed by atoms with Gasteiger partial charge in [-0.3, -0.25) is 4.39 Å². The zero-order valence-corrected chi connectivity index (χ0v) is 18.6. The number of hydrogen-bond donors (Lipinski definition) is 2. The summed E-state index contributed by atoms with van der Waals surface area (Å²) in [7, 11) is 1.84. The fourth-order valence-corrected chi connectivity index (χ4v) is 4.77. The van der Waals surface area contributed by atoms with Gasteiger partial charge in [-0.2, -0.15) is 4.98 Å². The van der Waals surface area contributed by atoms with Gasteiger partial charge in [0.1, 0.15) is 5.82 Å². The molecule has 6 rings (SSSR count). The lowest BCUT2D eigenvalue weighted by Crippen LogP contribution is -2.25. The van der Waals surface area contributed by atoms with E-state index in [-0.39, 0.29) is 18.5 Å². The number of pyridine rings is 1. The van der Waals surface area contributed by atoms with Crippen LogP contribution in [0.5, 0.6) is 0 Å². The highest BCUT2D eigenvalue weighted by atomic mass is 19.1. The number of nitrogens with zero attached hydrogens (tertiary/aromatic N) is 7. The van der Waals surface area contributed by atoms with Crippen molar-refractivity contribution in [2.45, 2.75) is 0 Å². The molecule has 1 aromatic carbocycles. The summed E-state index contributed by atoms with van der Waals surface area (Å²) >= 11 is 0. The van der Waals surface area contributed by atoms with Gasteiger partial charge in [0.25, 0.3) is 0 Å². The number of rotatable bonds is 6. The standard InChI is InChI=1S/C24H24FN9/c1-33-24(29-16-5-2-14(3-6-16)20-8-9-27-23(26)30-20)31-22(32-33)15-4-7-21(28-11-15)34-12-18-17(10-25)19(18)13-34/h2-9,11,17-19H,10,12-13H2,1H3,(H2,26,27,30)(H,29,31,32)/t17?,18-,19+. The number of nitrogens with two attached hydrogens (primary N) is 1. The van der Waals surface area contributed by atoms with E-state index in [9.17, 15) is 4.39 Å². The number of aryl methyl sites for hydroxylation is 1. The van der Waals surface area contributed by atoms with Crippen molar-refractivity contribution in [2.24, 2.45) is 24.8 Å². The van der Waals surface area contributed by atoms with E-state index in [4.69, 9.17) is 5.73 Å². The summed E-state index contributed by atoms with van der Waals surface area (Å²) in [6.07, 6.45) is 3.44. The number of piperidine rings is 1. The third kappa shape index (κ3) is 3.70. The average molecular weight is 458 g/mol. The van der Waals surface area contributed by atoms with Crippen LogP contribution >= 0.6 is 0 Å². The van der Waals surface area contributed by atoms with Crippen LogP contribution < -0.4 is 16.0 Å². The van der Waals surface area contributed by atoms with Gasteiger partial charge in [-0.05, 0) is 48.1 Å². The molecule has 172 valence electrons. The number of fused-ring (bicyclic) bond motifs is 1. The molecule has 4 heterocycles. The summed E-state index contributed by atoms with van der Waals surface area (Å²) in [5.74, 6) is 3.64. The largest absolute Gasteiger partial charge is 0.368 e. The first kappa shape index (κ1) is 20.5. The van der Waals surface area contributed by atoms with Crippen LogP contribution in [0, 0.1) is 17.8 Å². The number of nitrogens with one attached hydrogen (secondary N) is 1. The van der Waals surface area contributed by atoms with Crippen LogP contribution in [-0.4, -0.2) is 49.5 Å². The van der Waals surface area contributed by atoms with Crippen molar-refractivity contribution in [3.63, 3.8) is 0 Å². The minimum absolute atomic E-state index is 0.196. The van der Waals surface area contributed by atoms with Crippen LogP contribution in [0.15, 0.2) is 54.9 Å². The molecule has 1 unspecified atom stereocenters. The number of benzene rings is 1. The molecule has 0 spiro atoms. The Bertz CT molecular complexity index is 1310. The van der Waals surface area contributed by atoms with E-state index in [1.807, 2.05) is 49.5 Å². The predicted molar refractivity (Wildman–Crippen MR) is 128 cm³/mol. The topological polar surface area (TPSA) is 111 Å².